The monoisotopic (exact) mass is 476 g/mol. The number of ether oxygens (including phenoxy) is 2. The van der Waals surface area contributed by atoms with Crippen LogP contribution in [0.5, 0.6) is 11.5 Å². The summed E-state index contributed by atoms with van der Waals surface area (Å²) < 4.78 is 40.0. The van der Waals surface area contributed by atoms with Crippen molar-refractivity contribution in [2.45, 2.75) is 38.6 Å². The Labute approximate surface area is 195 Å². The van der Waals surface area contributed by atoms with Crippen molar-refractivity contribution in [3.63, 3.8) is 0 Å². The fourth-order valence-electron chi connectivity index (χ4n) is 3.06. The first-order valence-corrected chi connectivity index (χ1v) is 11.4. The predicted molar refractivity (Wildman–Crippen MR) is 123 cm³/mol. The van der Waals surface area contributed by atoms with Gasteiger partial charge in [-0.1, -0.05) is 25.6 Å². The highest BCUT2D eigenvalue weighted by atomic mass is 32.2. The van der Waals surface area contributed by atoms with E-state index in [4.69, 9.17) is 9.47 Å². The van der Waals surface area contributed by atoms with E-state index in [1.54, 1.807) is 7.11 Å². The van der Waals surface area contributed by atoms with Crippen LogP contribution in [0.3, 0.4) is 0 Å². The highest BCUT2D eigenvalue weighted by Crippen LogP contribution is 2.27. The summed E-state index contributed by atoms with van der Waals surface area (Å²) in [5, 5.41) is 11.5. The molecule has 1 atom stereocenters. The number of rotatable bonds is 10. The van der Waals surface area contributed by atoms with Crippen molar-refractivity contribution in [1.29, 1.82) is 0 Å². The molecule has 10 heteroatoms. The number of halogens is 2. The number of hydrogen-bond acceptors (Lipinski definition) is 6. The van der Waals surface area contributed by atoms with Crippen molar-refractivity contribution in [2.24, 2.45) is 5.92 Å². The second-order valence-electron chi connectivity index (χ2n) is 7.74. The van der Waals surface area contributed by atoms with E-state index < -0.39 is 17.5 Å². The molecule has 2 aromatic carbocycles. The van der Waals surface area contributed by atoms with Gasteiger partial charge in [0.2, 0.25) is 5.91 Å². The summed E-state index contributed by atoms with van der Waals surface area (Å²) in [6, 6.07) is 10.2. The van der Waals surface area contributed by atoms with E-state index in [0.717, 1.165) is 17.9 Å². The molecule has 0 fully saturated rings. The van der Waals surface area contributed by atoms with Gasteiger partial charge < -0.3 is 19.4 Å². The zero-order valence-corrected chi connectivity index (χ0v) is 19.7. The van der Waals surface area contributed by atoms with Crippen molar-refractivity contribution in [3.8, 4) is 11.5 Å². The van der Waals surface area contributed by atoms with E-state index >= 15 is 0 Å². The molecule has 0 aliphatic heterocycles. The fourth-order valence-corrected chi connectivity index (χ4v) is 3.82. The van der Waals surface area contributed by atoms with Gasteiger partial charge in [0.25, 0.3) is 0 Å². The van der Waals surface area contributed by atoms with Gasteiger partial charge in [0, 0.05) is 12.6 Å². The number of nitrogens with one attached hydrogen (secondary N) is 1. The minimum absolute atomic E-state index is 0.0131. The molecule has 0 aliphatic rings. The third-order valence-electron chi connectivity index (χ3n) is 4.57. The van der Waals surface area contributed by atoms with E-state index in [0.29, 0.717) is 29.2 Å². The van der Waals surface area contributed by atoms with Crippen LogP contribution in [0, 0.1) is 17.6 Å². The normalized spacial score (nSPS) is 12.0. The van der Waals surface area contributed by atoms with Gasteiger partial charge in [-0.05, 0) is 49.2 Å². The third-order valence-corrected chi connectivity index (χ3v) is 5.53. The number of methoxy groups -OCH3 is 1. The standard InChI is InChI=1S/C23H26F2N4O3S/c1-14(2)12-29-22(15(3)32-18-8-6-17(31-4)7-9-18)27-28-23(29)33-13-21(30)26-20-10-5-16(24)11-19(20)25/h5-11,14-15H,12-13H2,1-4H3,(H,26,30). The lowest BCUT2D eigenvalue weighted by molar-refractivity contribution is -0.113. The van der Waals surface area contributed by atoms with Crippen LogP contribution in [0.1, 0.15) is 32.7 Å². The summed E-state index contributed by atoms with van der Waals surface area (Å²) in [4.78, 5) is 12.3. The van der Waals surface area contributed by atoms with E-state index in [2.05, 4.69) is 29.4 Å². The number of thioether (sulfide) groups is 1. The van der Waals surface area contributed by atoms with Crippen molar-refractivity contribution in [1.82, 2.24) is 14.8 Å². The van der Waals surface area contributed by atoms with Crippen molar-refractivity contribution in [3.05, 3.63) is 59.9 Å². The number of anilines is 1. The first kappa shape index (κ1) is 24.5. The van der Waals surface area contributed by atoms with Gasteiger partial charge in [0.1, 0.15) is 23.1 Å². The van der Waals surface area contributed by atoms with Gasteiger partial charge in [-0.25, -0.2) is 8.78 Å². The molecular weight excluding hydrogens is 450 g/mol. The van der Waals surface area contributed by atoms with Crippen LogP contribution < -0.4 is 14.8 Å². The zero-order valence-electron chi connectivity index (χ0n) is 18.8. The minimum atomic E-state index is -0.830. The van der Waals surface area contributed by atoms with Gasteiger partial charge >= 0.3 is 0 Å². The maximum atomic E-state index is 13.8. The van der Waals surface area contributed by atoms with Crippen molar-refractivity contribution < 1.29 is 23.0 Å². The van der Waals surface area contributed by atoms with Gasteiger partial charge in [-0.2, -0.15) is 0 Å². The molecule has 0 aliphatic carbocycles. The fraction of sp³-hybridized carbons (Fsp3) is 0.348. The average Bonchev–Trinajstić information content (AvgIpc) is 3.16. The van der Waals surface area contributed by atoms with E-state index in [1.807, 2.05) is 35.8 Å². The number of carbonyl (C=O) groups excluding carboxylic acids is 1. The molecule has 7 nitrogen and oxygen atoms in total. The molecule has 1 heterocycles. The van der Waals surface area contributed by atoms with Crippen molar-refractivity contribution in [2.75, 3.05) is 18.2 Å². The van der Waals surface area contributed by atoms with E-state index in [9.17, 15) is 13.6 Å². The number of amides is 1. The molecule has 1 amide bonds. The van der Waals surface area contributed by atoms with Gasteiger partial charge in [-0.3, -0.25) is 4.79 Å². The predicted octanol–water partition coefficient (Wildman–Crippen LogP) is 5.09. The van der Waals surface area contributed by atoms with E-state index in [-0.39, 0.29) is 17.5 Å². The Morgan fingerprint density at radius 1 is 1.09 bits per heavy atom. The van der Waals surface area contributed by atoms with E-state index in [1.165, 1.54) is 17.8 Å². The summed E-state index contributed by atoms with van der Waals surface area (Å²) in [5.74, 6) is 0.340. The molecule has 176 valence electrons. The van der Waals surface area contributed by atoms with Crippen LogP contribution >= 0.6 is 11.8 Å². The molecule has 1 unspecified atom stereocenters. The van der Waals surface area contributed by atoms with Crippen LogP contribution in [-0.4, -0.2) is 33.5 Å². The number of hydrogen-bond donors (Lipinski definition) is 1. The second-order valence-corrected chi connectivity index (χ2v) is 8.68. The Kier molecular flexibility index (Phi) is 8.26. The van der Waals surface area contributed by atoms with Gasteiger partial charge in [-0.15, -0.1) is 10.2 Å². The number of aromatic nitrogens is 3. The Bertz CT molecular complexity index is 1090. The molecule has 0 radical (unpaired) electrons. The Morgan fingerprint density at radius 2 is 1.79 bits per heavy atom. The lowest BCUT2D eigenvalue weighted by Gasteiger charge is -2.18. The first-order valence-electron chi connectivity index (χ1n) is 10.4. The molecular formula is C23H26F2N4O3S. The molecule has 0 spiro atoms. The van der Waals surface area contributed by atoms with Crippen LogP contribution in [0.4, 0.5) is 14.5 Å². The van der Waals surface area contributed by atoms with Crippen LogP contribution in [0.2, 0.25) is 0 Å². The largest absolute Gasteiger partial charge is 0.497 e. The molecule has 1 aromatic heterocycles. The Balaban J connectivity index is 1.69. The molecule has 0 saturated heterocycles. The molecule has 1 N–H and O–H groups in total. The second kappa shape index (κ2) is 11.1. The average molecular weight is 477 g/mol. The SMILES string of the molecule is COc1ccc(OC(C)c2nnc(SCC(=O)Nc3ccc(F)cc3F)n2CC(C)C)cc1. The maximum absolute atomic E-state index is 13.8. The minimum Gasteiger partial charge on any atom is -0.497 e. The molecule has 3 aromatic rings. The summed E-state index contributed by atoms with van der Waals surface area (Å²) in [6.45, 7) is 6.65. The number of nitrogens with zero attached hydrogens (tertiary/aromatic N) is 3. The molecule has 33 heavy (non-hydrogen) atoms. The zero-order chi connectivity index (χ0) is 24.0. The summed E-state index contributed by atoms with van der Waals surface area (Å²) in [6.07, 6.45) is -0.388. The van der Waals surface area contributed by atoms with Gasteiger partial charge in [0.15, 0.2) is 17.1 Å². The molecule has 3 rings (SSSR count). The smallest absolute Gasteiger partial charge is 0.234 e. The lowest BCUT2D eigenvalue weighted by atomic mass is 10.2. The highest BCUT2D eigenvalue weighted by molar-refractivity contribution is 7.99. The first-order chi connectivity index (χ1) is 15.8. The van der Waals surface area contributed by atoms with Crippen LogP contribution in [0.15, 0.2) is 47.6 Å². The topological polar surface area (TPSA) is 78.3 Å². The summed E-state index contributed by atoms with van der Waals surface area (Å²) >= 11 is 1.18. The maximum Gasteiger partial charge on any atom is 0.234 e. The number of benzene rings is 2. The highest BCUT2D eigenvalue weighted by Gasteiger charge is 2.21. The lowest BCUT2D eigenvalue weighted by Crippen LogP contribution is -2.17. The van der Waals surface area contributed by atoms with Crippen molar-refractivity contribution >= 4 is 23.4 Å². The molecule has 0 saturated carbocycles. The summed E-state index contributed by atoms with van der Waals surface area (Å²) in [5.41, 5.74) is -0.0761. The summed E-state index contributed by atoms with van der Waals surface area (Å²) in [7, 11) is 1.60. The Hall–Kier alpha value is -3.14. The van der Waals surface area contributed by atoms with Crippen LogP contribution in [-0.2, 0) is 11.3 Å². The number of carbonyl (C=O) groups is 1. The Morgan fingerprint density at radius 3 is 2.42 bits per heavy atom. The molecule has 0 bridgehead atoms. The van der Waals surface area contributed by atoms with Gasteiger partial charge in [0.05, 0.1) is 18.6 Å². The third kappa shape index (κ3) is 6.67. The quantitative estimate of drug-likeness (QED) is 0.411. The van der Waals surface area contributed by atoms with Crippen LogP contribution in [0.25, 0.3) is 0 Å².